The highest BCUT2D eigenvalue weighted by Crippen LogP contribution is 2.46. The maximum Gasteiger partial charge on any atom is 0.353 e. The van der Waals surface area contributed by atoms with E-state index in [9.17, 15) is 23.9 Å². The number of hydrogen-bond donors (Lipinski definition) is 4. The van der Waals surface area contributed by atoms with Crippen LogP contribution < -0.4 is 16.8 Å². The largest absolute Gasteiger partial charge is 0.477 e. The summed E-state index contributed by atoms with van der Waals surface area (Å²) in [5.41, 5.74) is 11.3. The van der Waals surface area contributed by atoms with Gasteiger partial charge in [-0.2, -0.15) is 11.8 Å². The number of fused-ring (bicyclic) bond motifs is 1. The van der Waals surface area contributed by atoms with Crippen LogP contribution in [0.5, 0.6) is 0 Å². The van der Waals surface area contributed by atoms with Crippen molar-refractivity contribution in [2.75, 3.05) is 30.5 Å². The Morgan fingerprint density at radius 2 is 2.26 bits per heavy atom. The lowest BCUT2D eigenvalue weighted by atomic mass is 10.0. The van der Waals surface area contributed by atoms with Crippen molar-refractivity contribution >= 4 is 93.2 Å². The number of nitrogens with two attached hydrogens (primary N) is 2. The summed E-state index contributed by atoms with van der Waals surface area (Å²) in [4.78, 5) is 58.4. The average Bonchev–Trinajstić information content (AvgIpc) is 3.31. The number of rotatable bonds is 14. The molecular weight excluding hydrogens is 663 g/mol. The number of carbonyl (C=O) groups excluding carboxylic acids is 2. The van der Waals surface area contributed by atoms with Gasteiger partial charge in [0.1, 0.15) is 40.4 Å². The van der Waals surface area contributed by atoms with Crippen molar-refractivity contribution in [3.8, 4) is 0 Å². The molecule has 2 aliphatic heterocycles. The lowest BCUT2D eigenvalue weighted by Crippen LogP contribution is -2.71. The first-order valence-corrected chi connectivity index (χ1v) is 16.7. The van der Waals surface area contributed by atoms with Crippen LogP contribution >= 0.6 is 58.2 Å². The van der Waals surface area contributed by atoms with Gasteiger partial charge < -0.3 is 26.7 Å². The predicted octanol–water partition coefficient (Wildman–Crippen LogP) is 2.56. The number of aliphatic imine (C=N–C) groups is 1. The van der Waals surface area contributed by atoms with Crippen LogP contribution in [0.3, 0.4) is 0 Å². The van der Waals surface area contributed by atoms with E-state index in [2.05, 4.69) is 25.4 Å². The van der Waals surface area contributed by atoms with Crippen molar-refractivity contribution in [2.45, 2.75) is 35.0 Å². The van der Waals surface area contributed by atoms with E-state index in [1.54, 1.807) is 30.2 Å². The van der Waals surface area contributed by atoms with Crippen LogP contribution in [-0.2, 0) is 25.0 Å². The molecule has 0 saturated carbocycles. The molecule has 3 atom stereocenters. The number of pyridine rings is 1. The number of thioether (sulfide) groups is 3. The highest BCUT2D eigenvalue weighted by Gasteiger charge is 2.54. The molecule has 43 heavy (non-hydrogen) atoms. The maximum atomic E-state index is 13.2. The molecule has 2 aromatic heterocycles. The summed E-state index contributed by atoms with van der Waals surface area (Å²) in [6.07, 6.45) is 4.63. The third kappa shape index (κ3) is 7.72. The molecule has 13 nitrogen and oxygen atoms in total. The van der Waals surface area contributed by atoms with E-state index in [-0.39, 0.29) is 32.7 Å². The molecule has 2 aliphatic rings. The van der Waals surface area contributed by atoms with Crippen molar-refractivity contribution in [1.82, 2.24) is 20.2 Å². The molecule has 1 saturated heterocycles. The second-order valence-corrected chi connectivity index (χ2v) is 13.7. The first-order valence-electron chi connectivity index (χ1n) is 12.5. The van der Waals surface area contributed by atoms with Gasteiger partial charge in [-0.1, -0.05) is 39.9 Å². The van der Waals surface area contributed by atoms with Crippen molar-refractivity contribution in [3.05, 3.63) is 44.7 Å². The number of nitrogen functional groups attached to an aromatic ring is 1. The lowest BCUT2D eigenvalue weighted by Gasteiger charge is -2.49. The van der Waals surface area contributed by atoms with Crippen LogP contribution in [0, 0.1) is 0 Å². The maximum absolute atomic E-state index is 13.2. The molecular formula is C24H26ClFN8O5S4. The van der Waals surface area contributed by atoms with E-state index in [0.29, 0.717) is 10.7 Å². The Kier molecular flexibility index (Phi) is 11.5. The zero-order chi connectivity index (χ0) is 31.1. The van der Waals surface area contributed by atoms with Crippen LogP contribution in [0.4, 0.5) is 9.52 Å². The Hall–Kier alpha value is -3.06. The number of aromatic nitrogens is 2. The van der Waals surface area contributed by atoms with Crippen LogP contribution in [0.15, 0.2) is 44.1 Å². The van der Waals surface area contributed by atoms with Crippen molar-refractivity contribution in [3.63, 3.8) is 0 Å². The Morgan fingerprint density at radius 1 is 1.47 bits per heavy atom. The molecule has 4 heterocycles. The number of carbonyl (C=O) groups is 3. The van der Waals surface area contributed by atoms with Crippen molar-refractivity contribution in [2.24, 2.45) is 15.9 Å². The number of alkyl halides is 1. The normalized spacial score (nSPS) is 19.3. The molecule has 0 aliphatic carbocycles. The molecule has 4 rings (SSSR count). The molecule has 2 aromatic rings. The minimum atomic E-state index is -1.27. The third-order valence-corrected chi connectivity index (χ3v) is 10.8. The standard InChI is InChI=1S/C24H26ClFN8O5S4/c1-11(30-10-27)7-40-8-12-6-29-4-2-13(12)42-14-9-41-22-17(21(36)34(22)18(14)23(37)38)31-20(35)16(33-39-5-3-26)15-19(25)43-24(28)32-15/h2,4,6,10-11,17,22H,3,5,7-9H2,1H3,(H2,27,30)(H2,28,32)(H,31,35)(H,37,38)/b33-16-/t11?,17-,22+/m1/s1. The second kappa shape index (κ2) is 15.1. The molecule has 0 bridgehead atoms. The average molecular weight is 689 g/mol. The second-order valence-electron chi connectivity index (χ2n) is 8.82. The van der Waals surface area contributed by atoms with Gasteiger partial charge in [0.05, 0.1) is 12.4 Å². The SMILES string of the molecule is CC(CSCc1cnccc1SC1=C(C(=O)O)N2C(=O)[C@@H](NC(=O)/C(=N\OCCF)c3nc(N)sc3Cl)[C@@H]2SC1)N=CN. The number of amides is 2. The molecule has 0 spiro atoms. The minimum Gasteiger partial charge on any atom is -0.477 e. The topological polar surface area (TPSA) is 198 Å². The van der Waals surface area contributed by atoms with Gasteiger partial charge in [-0.25, -0.2) is 14.2 Å². The summed E-state index contributed by atoms with van der Waals surface area (Å²) >= 11 is 11.3. The smallest absolute Gasteiger partial charge is 0.353 e. The third-order valence-electron chi connectivity index (χ3n) is 5.84. The Morgan fingerprint density at radius 3 is 2.93 bits per heavy atom. The number of β-lactam (4-membered cyclic amide) rings is 1. The highest BCUT2D eigenvalue weighted by atomic mass is 35.5. The van der Waals surface area contributed by atoms with Gasteiger partial charge in [-0.15, -0.1) is 11.8 Å². The van der Waals surface area contributed by atoms with Gasteiger partial charge in [0, 0.05) is 39.5 Å². The minimum absolute atomic E-state index is 0.0447. The zero-order valence-electron chi connectivity index (χ0n) is 22.4. The molecule has 6 N–H and O–H groups in total. The molecule has 0 radical (unpaired) electrons. The van der Waals surface area contributed by atoms with E-state index in [0.717, 1.165) is 32.4 Å². The monoisotopic (exact) mass is 688 g/mol. The fraction of sp³-hybridized carbons (Fsp3) is 0.375. The van der Waals surface area contributed by atoms with Gasteiger partial charge in [0.2, 0.25) is 0 Å². The molecule has 2 amide bonds. The van der Waals surface area contributed by atoms with Crippen molar-refractivity contribution < 1.29 is 28.7 Å². The summed E-state index contributed by atoms with van der Waals surface area (Å²) in [6.45, 7) is 0.677. The van der Waals surface area contributed by atoms with E-state index >= 15 is 0 Å². The number of aliphatic carboxylic acids is 1. The number of carboxylic acid groups (broad SMARTS) is 1. The summed E-state index contributed by atoms with van der Waals surface area (Å²) in [6, 6.07) is 0.780. The van der Waals surface area contributed by atoms with Crippen LogP contribution in [0.1, 0.15) is 18.2 Å². The van der Waals surface area contributed by atoms with E-state index in [1.807, 2.05) is 6.92 Å². The summed E-state index contributed by atoms with van der Waals surface area (Å²) < 4.78 is 12.6. The lowest BCUT2D eigenvalue weighted by molar-refractivity contribution is -0.150. The number of nitrogens with one attached hydrogen (secondary N) is 1. The molecule has 0 aromatic carbocycles. The molecule has 1 fully saturated rings. The summed E-state index contributed by atoms with van der Waals surface area (Å²) in [7, 11) is 0. The number of hydrogen-bond acceptors (Lipinski definition) is 13. The van der Waals surface area contributed by atoms with Gasteiger partial charge in [0.25, 0.3) is 11.8 Å². The quantitative estimate of drug-likeness (QED) is 0.0745. The van der Waals surface area contributed by atoms with Gasteiger partial charge in [-0.05, 0) is 18.6 Å². The Labute approximate surface area is 267 Å². The zero-order valence-corrected chi connectivity index (χ0v) is 26.5. The molecule has 19 heteroatoms. The molecule has 230 valence electrons. The van der Waals surface area contributed by atoms with E-state index in [1.165, 1.54) is 29.9 Å². The van der Waals surface area contributed by atoms with Crippen LogP contribution in [0.25, 0.3) is 0 Å². The fourth-order valence-corrected chi connectivity index (χ4v) is 8.54. The van der Waals surface area contributed by atoms with E-state index in [4.69, 9.17) is 27.9 Å². The number of thiazole rings is 1. The number of nitrogens with zero attached hydrogens (tertiary/aromatic N) is 5. The number of anilines is 1. The van der Waals surface area contributed by atoms with Gasteiger partial charge >= 0.3 is 5.97 Å². The Balaban J connectivity index is 1.50. The molecule has 1 unspecified atom stereocenters. The van der Waals surface area contributed by atoms with Gasteiger partial charge in [-0.3, -0.25) is 24.5 Å². The first-order chi connectivity index (χ1) is 20.7. The first kappa shape index (κ1) is 32.8. The summed E-state index contributed by atoms with van der Waals surface area (Å²) in [5, 5.41) is 15.7. The van der Waals surface area contributed by atoms with Crippen LogP contribution in [0.2, 0.25) is 4.34 Å². The highest BCUT2D eigenvalue weighted by molar-refractivity contribution is 8.06. The summed E-state index contributed by atoms with van der Waals surface area (Å²) in [5.74, 6) is -1.12. The van der Waals surface area contributed by atoms with Gasteiger partial charge in [0.15, 0.2) is 10.8 Å². The Bertz CT molecular complexity index is 1470. The van der Waals surface area contributed by atoms with E-state index < -0.39 is 48.2 Å². The predicted molar refractivity (Wildman–Crippen MR) is 168 cm³/mol. The van der Waals surface area contributed by atoms with Crippen LogP contribution in [-0.4, -0.2) is 92.1 Å². The number of carboxylic acids is 1. The number of oxime groups is 1. The number of halogens is 2. The van der Waals surface area contributed by atoms with Crippen molar-refractivity contribution in [1.29, 1.82) is 0 Å². The fourth-order valence-electron chi connectivity index (χ4n) is 3.96.